The van der Waals surface area contributed by atoms with Crippen LogP contribution in [0.1, 0.15) is 19.3 Å². The van der Waals surface area contributed by atoms with E-state index in [1.807, 2.05) is 0 Å². The molecule has 0 nitrogen and oxygen atoms in total. The predicted molar refractivity (Wildman–Crippen MR) is 53.6 cm³/mol. The van der Waals surface area contributed by atoms with Crippen molar-refractivity contribution in [2.24, 2.45) is 35.5 Å². The summed E-state index contributed by atoms with van der Waals surface area (Å²) in [6, 6.07) is 0. The summed E-state index contributed by atoms with van der Waals surface area (Å²) in [6.45, 7) is 0. The maximum Gasteiger partial charge on any atom is 0.0370 e. The van der Waals surface area contributed by atoms with Crippen LogP contribution in [0.4, 0.5) is 0 Å². The molecule has 3 saturated carbocycles. The minimum atomic E-state index is 0.527. The lowest BCUT2D eigenvalue weighted by atomic mass is 9.73. The summed E-state index contributed by atoms with van der Waals surface area (Å²) in [4.78, 5) is 0. The second-order valence-electron chi connectivity index (χ2n) is 5.51. The molecule has 0 radical (unpaired) electrons. The molecule has 4 rings (SSSR count). The third-order valence-electron chi connectivity index (χ3n) is 5.19. The fraction of sp³-hybridized carbons (Fsp3) is 0.833. The van der Waals surface area contributed by atoms with Crippen LogP contribution < -0.4 is 0 Å². The molecule has 4 aliphatic carbocycles. The van der Waals surface area contributed by atoms with E-state index in [2.05, 4.69) is 12.2 Å². The largest absolute Gasteiger partial charge is 0.123 e. The molecule has 0 amide bonds. The zero-order chi connectivity index (χ0) is 8.58. The molecule has 0 aromatic carbocycles. The molecule has 3 fully saturated rings. The van der Waals surface area contributed by atoms with Gasteiger partial charge in [0.15, 0.2) is 0 Å². The van der Waals surface area contributed by atoms with Crippen molar-refractivity contribution in [1.29, 1.82) is 0 Å². The fourth-order valence-corrected chi connectivity index (χ4v) is 5.44. The molecule has 7 atom stereocenters. The summed E-state index contributed by atoms with van der Waals surface area (Å²) in [7, 11) is 0. The van der Waals surface area contributed by atoms with Gasteiger partial charge in [0.1, 0.15) is 0 Å². The number of fused-ring (bicyclic) bond motifs is 9. The van der Waals surface area contributed by atoms with Crippen LogP contribution in [0.5, 0.6) is 0 Å². The Hall–Kier alpha value is 0.0300. The minimum absolute atomic E-state index is 0.527. The van der Waals surface area contributed by atoms with E-state index in [4.69, 9.17) is 11.6 Å². The molecule has 0 N–H and O–H groups in total. The first kappa shape index (κ1) is 7.34. The number of rotatable bonds is 0. The third kappa shape index (κ3) is 0.719. The van der Waals surface area contributed by atoms with Crippen LogP contribution in [-0.4, -0.2) is 5.38 Å². The van der Waals surface area contributed by atoms with Crippen LogP contribution in [0.15, 0.2) is 12.2 Å². The monoisotopic (exact) mass is 194 g/mol. The molecule has 1 heteroatoms. The topological polar surface area (TPSA) is 0 Å². The Balaban J connectivity index is 1.79. The van der Waals surface area contributed by atoms with Gasteiger partial charge in [-0.1, -0.05) is 12.2 Å². The Morgan fingerprint density at radius 3 is 2.54 bits per heavy atom. The maximum atomic E-state index is 6.39. The summed E-state index contributed by atoms with van der Waals surface area (Å²) in [5.41, 5.74) is 0. The number of halogens is 1. The molecular weight excluding hydrogens is 180 g/mol. The van der Waals surface area contributed by atoms with Crippen LogP contribution in [0.25, 0.3) is 0 Å². The lowest BCUT2D eigenvalue weighted by Gasteiger charge is -2.34. The highest BCUT2D eigenvalue weighted by Gasteiger charge is 2.60. The lowest BCUT2D eigenvalue weighted by molar-refractivity contribution is 0.209. The van der Waals surface area contributed by atoms with E-state index in [0.29, 0.717) is 5.38 Å². The van der Waals surface area contributed by atoms with Crippen molar-refractivity contribution in [2.45, 2.75) is 24.6 Å². The summed E-state index contributed by atoms with van der Waals surface area (Å²) < 4.78 is 0. The summed E-state index contributed by atoms with van der Waals surface area (Å²) in [5, 5.41) is 0.527. The average molecular weight is 195 g/mol. The van der Waals surface area contributed by atoms with Crippen molar-refractivity contribution in [3.63, 3.8) is 0 Å². The molecule has 70 valence electrons. The summed E-state index contributed by atoms with van der Waals surface area (Å²) >= 11 is 6.39. The van der Waals surface area contributed by atoms with E-state index in [9.17, 15) is 0 Å². The average Bonchev–Trinajstić information content (AvgIpc) is 2.78. The van der Waals surface area contributed by atoms with Gasteiger partial charge in [0.05, 0.1) is 0 Å². The van der Waals surface area contributed by atoms with Crippen LogP contribution in [0.2, 0.25) is 0 Å². The van der Waals surface area contributed by atoms with E-state index in [-0.39, 0.29) is 0 Å². The van der Waals surface area contributed by atoms with E-state index in [0.717, 1.165) is 35.5 Å². The van der Waals surface area contributed by atoms with Crippen molar-refractivity contribution in [2.75, 3.05) is 0 Å². The Morgan fingerprint density at radius 1 is 0.923 bits per heavy atom. The first-order valence-electron chi connectivity index (χ1n) is 5.67. The van der Waals surface area contributed by atoms with Gasteiger partial charge >= 0.3 is 0 Å². The predicted octanol–water partition coefficient (Wildman–Crippen LogP) is 3.07. The second kappa shape index (κ2) is 2.16. The van der Waals surface area contributed by atoms with Crippen molar-refractivity contribution >= 4 is 11.6 Å². The molecule has 0 aliphatic heterocycles. The molecule has 0 aromatic heterocycles. The van der Waals surface area contributed by atoms with Gasteiger partial charge in [-0.15, -0.1) is 11.6 Å². The van der Waals surface area contributed by atoms with Gasteiger partial charge in [-0.25, -0.2) is 0 Å². The quantitative estimate of drug-likeness (QED) is 0.316. The minimum Gasteiger partial charge on any atom is -0.123 e. The first-order valence-corrected chi connectivity index (χ1v) is 6.10. The van der Waals surface area contributed by atoms with E-state index >= 15 is 0 Å². The van der Waals surface area contributed by atoms with Crippen molar-refractivity contribution in [3.05, 3.63) is 12.2 Å². The Morgan fingerprint density at radius 2 is 1.69 bits per heavy atom. The standard InChI is InChI=1S/C12H15Cl/c13-10-5-8-4-9(10)12-7-2-1-6(3-7)11(8)12/h1-2,6-12H,3-5H2/t6-,7-,8-,9+,10+,11+,12+/m0/s1. The van der Waals surface area contributed by atoms with E-state index in [1.165, 1.54) is 19.3 Å². The number of alkyl halides is 1. The molecule has 13 heavy (non-hydrogen) atoms. The van der Waals surface area contributed by atoms with Crippen molar-refractivity contribution in [1.82, 2.24) is 0 Å². The van der Waals surface area contributed by atoms with Crippen LogP contribution in [0.3, 0.4) is 0 Å². The molecule has 4 aliphatic rings. The van der Waals surface area contributed by atoms with E-state index in [1.54, 1.807) is 0 Å². The van der Waals surface area contributed by atoms with Gasteiger partial charge in [0, 0.05) is 5.38 Å². The maximum absolute atomic E-state index is 6.39. The molecule has 0 saturated heterocycles. The van der Waals surface area contributed by atoms with Crippen molar-refractivity contribution in [3.8, 4) is 0 Å². The first-order chi connectivity index (χ1) is 6.34. The SMILES string of the molecule is Cl[C@@H]1C[C@@H]2C[C@H]1[C@@H]1[C@@H]2[C@H]2C=C[C@H]1C2. The number of hydrogen-bond acceptors (Lipinski definition) is 0. The Labute approximate surface area is 84.3 Å². The van der Waals surface area contributed by atoms with Crippen molar-refractivity contribution < 1.29 is 0 Å². The molecule has 0 unspecified atom stereocenters. The zero-order valence-corrected chi connectivity index (χ0v) is 8.45. The molecule has 0 spiro atoms. The third-order valence-corrected chi connectivity index (χ3v) is 5.69. The summed E-state index contributed by atoms with van der Waals surface area (Å²) in [5.74, 6) is 5.81. The molecular formula is C12H15Cl. The van der Waals surface area contributed by atoms with Gasteiger partial charge in [0.25, 0.3) is 0 Å². The van der Waals surface area contributed by atoms with Gasteiger partial charge < -0.3 is 0 Å². The summed E-state index contributed by atoms with van der Waals surface area (Å²) in [6.07, 6.45) is 9.22. The zero-order valence-electron chi connectivity index (χ0n) is 7.70. The Bertz CT molecular complexity index is 283. The second-order valence-corrected chi connectivity index (χ2v) is 6.07. The highest BCUT2D eigenvalue weighted by molar-refractivity contribution is 6.21. The highest BCUT2D eigenvalue weighted by Crippen LogP contribution is 2.66. The van der Waals surface area contributed by atoms with E-state index < -0.39 is 0 Å². The van der Waals surface area contributed by atoms with Crippen LogP contribution in [-0.2, 0) is 0 Å². The normalized spacial score (nSPS) is 66.4. The van der Waals surface area contributed by atoms with Gasteiger partial charge in [0.2, 0.25) is 0 Å². The van der Waals surface area contributed by atoms with Crippen LogP contribution >= 0.6 is 11.6 Å². The van der Waals surface area contributed by atoms with Gasteiger partial charge in [-0.05, 0) is 54.8 Å². The number of hydrogen-bond donors (Lipinski definition) is 0. The molecule has 0 aromatic rings. The molecule has 0 heterocycles. The smallest absolute Gasteiger partial charge is 0.0370 e. The number of allylic oxidation sites excluding steroid dienone is 2. The highest BCUT2D eigenvalue weighted by atomic mass is 35.5. The van der Waals surface area contributed by atoms with Gasteiger partial charge in [-0.2, -0.15) is 0 Å². The van der Waals surface area contributed by atoms with Crippen LogP contribution in [0, 0.1) is 35.5 Å². The Kier molecular flexibility index (Phi) is 1.22. The van der Waals surface area contributed by atoms with Gasteiger partial charge in [-0.3, -0.25) is 0 Å². The molecule has 4 bridgehead atoms. The fourth-order valence-electron chi connectivity index (χ4n) is 4.94. The lowest BCUT2D eigenvalue weighted by Crippen LogP contribution is -2.31.